The molecule has 5 heteroatoms. The van der Waals surface area contributed by atoms with Gasteiger partial charge in [0, 0.05) is 41.5 Å². The fourth-order valence-corrected chi connectivity index (χ4v) is 6.26. The summed E-state index contributed by atoms with van der Waals surface area (Å²) in [4.78, 5) is 27.7. The molecule has 2 atom stereocenters. The van der Waals surface area contributed by atoms with Gasteiger partial charge in [0.25, 0.3) is 5.91 Å². The van der Waals surface area contributed by atoms with Crippen LogP contribution < -0.4 is 0 Å². The number of rotatable bonds is 2. The number of amides is 1. The van der Waals surface area contributed by atoms with Gasteiger partial charge in [0.15, 0.2) is 0 Å². The van der Waals surface area contributed by atoms with Crippen molar-refractivity contribution in [3.05, 3.63) is 83.9 Å². The molecule has 2 aliphatic rings. The highest BCUT2D eigenvalue weighted by Gasteiger charge is 2.57. The molecule has 5 nitrogen and oxygen atoms in total. The minimum Gasteiger partial charge on any atom is -0.345 e. The Morgan fingerprint density at radius 2 is 2.00 bits per heavy atom. The molecule has 1 saturated heterocycles. The van der Waals surface area contributed by atoms with E-state index in [1.807, 2.05) is 36.7 Å². The normalized spacial score (nSPS) is 23.4. The number of H-pyrrole nitrogens is 1. The van der Waals surface area contributed by atoms with E-state index in [1.165, 1.54) is 16.7 Å². The number of likely N-dealkylation sites (tertiary alicyclic amines) is 1. The standard InChI is InChI=1S/C28H28N4O/c1-27(2)24-15-18-6-4-8-21(20-7-5-12-29-16-20)25(18)28(27,3)11-13-32(24)26(33)19-9-10-22-23(14-19)31-17-30-22/h4-10,12,14,16-17,24H,11,13,15H2,1-3H3,(H,30,31). The van der Waals surface area contributed by atoms with Crippen molar-refractivity contribution in [2.24, 2.45) is 5.41 Å². The average molecular weight is 437 g/mol. The number of hydrogen-bond donors (Lipinski definition) is 1. The van der Waals surface area contributed by atoms with Crippen LogP contribution in [0.4, 0.5) is 0 Å². The second kappa shape index (κ2) is 7.01. The first-order chi connectivity index (χ1) is 15.9. The Hall–Kier alpha value is -3.47. The van der Waals surface area contributed by atoms with Gasteiger partial charge in [0.1, 0.15) is 0 Å². The van der Waals surface area contributed by atoms with Crippen molar-refractivity contribution in [3.8, 4) is 11.1 Å². The fraction of sp³-hybridized carbons (Fsp3) is 0.321. The van der Waals surface area contributed by atoms with Crippen molar-refractivity contribution in [2.75, 3.05) is 6.54 Å². The number of imidazole rings is 1. The Bertz CT molecular complexity index is 1370. The molecule has 1 fully saturated rings. The number of benzene rings is 2. The first-order valence-electron chi connectivity index (χ1n) is 11.7. The summed E-state index contributed by atoms with van der Waals surface area (Å²) in [5.41, 5.74) is 7.60. The maximum Gasteiger partial charge on any atom is 0.254 e. The molecule has 0 saturated carbocycles. The molecule has 166 valence electrons. The zero-order chi connectivity index (χ0) is 22.8. The fourth-order valence-electron chi connectivity index (χ4n) is 6.26. The van der Waals surface area contributed by atoms with Crippen LogP contribution in [0.15, 0.2) is 67.3 Å². The van der Waals surface area contributed by atoms with Crippen LogP contribution in [0.25, 0.3) is 22.2 Å². The van der Waals surface area contributed by atoms with Gasteiger partial charge in [0.05, 0.1) is 17.4 Å². The largest absolute Gasteiger partial charge is 0.345 e. The maximum absolute atomic E-state index is 13.7. The van der Waals surface area contributed by atoms with E-state index in [4.69, 9.17) is 0 Å². The van der Waals surface area contributed by atoms with Crippen LogP contribution in [0.5, 0.6) is 0 Å². The zero-order valence-corrected chi connectivity index (χ0v) is 19.3. The van der Waals surface area contributed by atoms with Gasteiger partial charge in [-0.25, -0.2) is 4.98 Å². The summed E-state index contributed by atoms with van der Waals surface area (Å²) in [6, 6.07) is 16.7. The number of carbonyl (C=O) groups is 1. The van der Waals surface area contributed by atoms with Gasteiger partial charge in [0.2, 0.25) is 0 Å². The van der Waals surface area contributed by atoms with Crippen molar-refractivity contribution >= 4 is 16.9 Å². The molecule has 2 unspecified atom stereocenters. The Morgan fingerprint density at radius 3 is 2.82 bits per heavy atom. The van der Waals surface area contributed by atoms with E-state index in [1.54, 1.807) is 6.33 Å². The molecule has 0 spiro atoms. The van der Waals surface area contributed by atoms with Gasteiger partial charge < -0.3 is 9.88 Å². The minimum absolute atomic E-state index is 0.0411. The number of aromatic amines is 1. The van der Waals surface area contributed by atoms with E-state index in [0.717, 1.165) is 36.0 Å². The summed E-state index contributed by atoms with van der Waals surface area (Å²) < 4.78 is 0. The summed E-state index contributed by atoms with van der Waals surface area (Å²) >= 11 is 0. The first kappa shape index (κ1) is 20.2. The molecule has 2 bridgehead atoms. The number of hydrogen-bond acceptors (Lipinski definition) is 3. The lowest BCUT2D eigenvalue weighted by Crippen LogP contribution is -2.65. The molecule has 1 N–H and O–H groups in total. The third-order valence-corrected chi connectivity index (χ3v) is 8.50. The number of nitrogens with zero attached hydrogens (tertiary/aromatic N) is 3. The maximum atomic E-state index is 13.7. The molecule has 1 amide bonds. The summed E-state index contributed by atoms with van der Waals surface area (Å²) in [6.07, 6.45) is 7.25. The Balaban J connectivity index is 1.44. The number of aromatic nitrogens is 3. The molecule has 4 aromatic rings. The molecule has 33 heavy (non-hydrogen) atoms. The van der Waals surface area contributed by atoms with Crippen LogP contribution in [0, 0.1) is 5.41 Å². The number of piperidine rings is 1. The van der Waals surface area contributed by atoms with Crippen LogP contribution in [0.1, 0.15) is 48.7 Å². The SMILES string of the molecule is CC12CCN(C(=O)c3ccc4[nH]cnc4c3)C(Cc3cccc(-c4cccnc4)c31)C2(C)C. The minimum atomic E-state index is -0.0807. The first-order valence-corrected chi connectivity index (χ1v) is 11.7. The topological polar surface area (TPSA) is 61.9 Å². The van der Waals surface area contributed by atoms with Crippen molar-refractivity contribution in [1.82, 2.24) is 19.9 Å². The van der Waals surface area contributed by atoms with E-state index in [0.29, 0.717) is 5.56 Å². The number of nitrogens with one attached hydrogen (secondary N) is 1. The molecular weight excluding hydrogens is 408 g/mol. The lowest BCUT2D eigenvalue weighted by molar-refractivity contribution is -0.0259. The summed E-state index contributed by atoms with van der Waals surface area (Å²) in [5.74, 6) is 0.104. The molecule has 6 rings (SSSR count). The third kappa shape index (κ3) is 2.81. The molecule has 2 aromatic heterocycles. The van der Waals surface area contributed by atoms with Gasteiger partial charge in [-0.1, -0.05) is 45.0 Å². The quantitative estimate of drug-likeness (QED) is 0.459. The van der Waals surface area contributed by atoms with Crippen molar-refractivity contribution < 1.29 is 4.79 Å². The monoisotopic (exact) mass is 436 g/mol. The van der Waals surface area contributed by atoms with Gasteiger partial charge >= 0.3 is 0 Å². The number of pyridine rings is 1. The van der Waals surface area contributed by atoms with E-state index < -0.39 is 0 Å². The second-order valence-corrected chi connectivity index (χ2v) is 10.2. The summed E-state index contributed by atoms with van der Waals surface area (Å²) in [7, 11) is 0. The summed E-state index contributed by atoms with van der Waals surface area (Å²) in [6.45, 7) is 7.84. The number of fused-ring (bicyclic) bond motifs is 5. The Morgan fingerprint density at radius 1 is 1.12 bits per heavy atom. The molecule has 1 aliphatic carbocycles. The van der Waals surface area contributed by atoms with Crippen LogP contribution in [0.2, 0.25) is 0 Å². The summed E-state index contributed by atoms with van der Waals surface area (Å²) in [5, 5.41) is 0. The Kier molecular flexibility index (Phi) is 4.28. The third-order valence-electron chi connectivity index (χ3n) is 8.50. The van der Waals surface area contributed by atoms with Gasteiger partial charge in [-0.3, -0.25) is 9.78 Å². The van der Waals surface area contributed by atoms with Crippen LogP contribution in [0.3, 0.4) is 0 Å². The van der Waals surface area contributed by atoms with Crippen LogP contribution in [-0.2, 0) is 11.8 Å². The van der Waals surface area contributed by atoms with E-state index in [2.05, 4.69) is 64.9 Å². The molecule has 0 radical (unpaired) electrons. The van der Waals surface area contributed by atoms with Crippen LogP contribution >= 0.6 is 0 Å². The Labute approximate surface area is 193 Å². The predicted molar refractivity (Wildman–Crippen MR) is 130 cm³/mol. The molecule has 3 heterocycles. The highest BCUT2D eigenvalue weighted by molar-refractivity contribution is 5.97. The lowest BCUT2D eigenvalue weighted by atomic mass is 9.50. The predicted octanol–water partition coefficient (Wildman–Crippen LogP) is 5.38. The van der Waals surface area contributed by atoms with Crippen LogP contribution in [-0.4, -0.2) is 38.3 Å². The molecule has 2 aromatic carbocycles. The molecular formula is C28H28N4O. The smallest absolute Gasteiger partial charge is 0.254 e. The lowest BCUT2D eigenvalue weighted by Gasteiger charge is -2.61. The highest BCUT2D eigenvalue weighted by atomic mass is 16.2. The van der Waals surface area contributed by atoms with Gasteiger partial charge in [-0.05, 0) is 59.2 Å². The van der Waals surface area contributed by atoms with Gasteiger partial charge in [-0.15, -0.1) is 0 Å². The van der Waals surface area contributed by atoms with Crippen molar-refractivity contribution in [3.63, 3.8) is 0 Å². The van der Waals surface area contributed by atoms with E-state index >= 15 is 0 Å². The number of carbonyl (C=O) groups excluding carboxylic acids is 1. The van der Waals surface area contributed by atoms with Crippen molar-refractivity contribution in [2.45, 2.75) is 45.1 Å². The molecule has 1 aliphatic heterocycles. The average Bonchev–Trinajstić information content (AvgIpc) is 3.29. The van der Waals surface area contributed by atoms with E-state index in [-0.39, 0.29) is 22.8 Å². The second-order valence-electron chi connectivity index (χ2n) is 10.2. The van der Waals surface area contributed by atoms with E-state index in [9.17, 15) is 4.79 Å². The highest BCUT2D eigenvalue weighted by Crippen LogP contribution is 2.58. The van der Waals surface area contributed by atoms with Gasteiger partial charge in [-0.2, -0.15) is 0 Å². The van der Waals surface area contributed by atoms with Crippen molar-refractivity contribution in [1.29, 1.82) is 0 Å². The zero-order valence-electron chi connectivity index (χ0n) is 19.3.